The average molecular weight is 404 g/mol. The van der Waals surface area contributed by atoms with Gasteiger partial charge in [0.05, 0.1) is 31.1 Å². The van der Waals surface area contributed by atoms with Crippen molar-refractivity contribution >= 4 is 23.6 Å². The van der Waals surface area contributed by atoms with Gasteiger partial charge in [0.25, 0.3) is 0 Å². The zero-order valence-electron chi connectivity index (χ0n) is 16.2. The largest absolute Gasteiger partial charge is 0.493 e. The molecular weight excluding hydrogens is 378 g/mol. The third-order valence-electron chi connectivity index (χ3n) is 4.84. The number of nitrogens with zero attached hydrogens (tertiary/aromatic N) is 2. The quantitative estimate of drug-likeness (QED) is 0.669. The molecule has 7 heteroatoms. The average Bonchev–Trinajstić information content (AvgIpc) is 3.36. The first kappa shape index (κ1) is 20.3. The van der Waals surface area contributed by atoms with Gasteiger partial charge in [0, 0.05) is 24.5 Å². The molecular formula is C21H26ClN3O3. The van der Waals surface area contributed by atoms with Crippen LogP contribution in [-0.4, -0.2) is 35.2 Å². The normalized spacial score (nSPS) is 19.1. The van der Waals surface area contributed by atoms with E-state index >= 15 is 0 Å². The van der Waals surface area contributed by atoms with Crippen molar-refractivity contribution in [2.75, 3.05) is 13.7 Å². The topological polar surface area (TPSA) is 65.4 Å². The third kappa shape index (κ3) is 4.87. The molecule has 2 aromatic rings. The highest BCUT2D eigenvalue weighted by Crippen LogP contribution is 2.37. The number of aromatic nitrogens is 2. The second-order valence-electron chi connectivity index (χ2n) is 6.84. The van der Waals surface area contributed by atoms with Crippen molar-refractivity contribution in [3.8, 4) is 11.5 Å². The van der Waals surface area contributed by atoms with Crippen LogP contribution in [0.15, 0.2) is 36.9 Å². The van der Waals surface area contributed by atoms with E-state index in [1.165, 1.54) is 6.08 Å². The van der Waals surface area contributed by atoms with Crippen LogP contribution in [0.3, 0.4) is 0 Å². The molecule has 150 valence electrons. The summed E-state index contributed by atoms with van der Waals surface area (Å²) in [4.78, 5) is 16.5. The van der Waals surface area contributed by atoms with Gasteiger partial charge < -0.3 is 19.4 Å². The number of halogens is 1. The van der Waals surface area contributed by atoms with Crippen LogP contribution in [0.4, 0.5) is 0 Å². The summed E-state index contributed by atoms with van der Waals surface area (Å²) in [6.45, 7) is 2.59. The van der Waals surface area contributed by atoms with Gasteiger partial charge in [-0.05, 0) is 49.5 Å². The van der Waals surface area contributed by atoms with E-state index in [0.29, 0.717) is 23.1 Å². The lowest BCUT2D eigenvalue weighted by Gasteiger charge is -2.21. The predicted octanol–water partition coefficient (Wildman–Crippen LogP) is 4.26. The molecule has 0 bridgehead atoms. The van der Waals surface area contributed by atoms with Gasteiger partial charge in [-0.25, -0.2) is 4.98 Å². The first-order valence-corrected chi connectivity index (χ1v) is 9.96. The van der Waals surface area contributed by atoms with Gasteiger partial charge in [0.15, 0.2) is 11.5 Å². The Labute approximate surface area is 170 Å². The van der Waals surface area contributed by atoms with Crippen LogP contribution in [-0.2, 0) is 4.79 Å². The maximum atomic E-state index is 12.4. The Balaban J connectivity index is 1.66. The van der Waals surface area contributed by atoms with Gasteiger partial charge >= 0.3 is 0 Å². The van der Waals surface area contributed by atoms with Crippen LogP contribution >= 0.6 is 11.6 Å². The Hall–Kier alpha value is -2.47. The zero-order valence-corrected chi connectivity index (χ0v) is 17.0. The van der Waals surface area contributed by atoms with E-state index in [1.807, 2.05) is 19.2 Å². The number of imidazole rings is 1. The Morgan fingerprint density at radius 1 is 1.43 bits per heavy atom. The molecule has 1 aliphatic rings. The standard InChI is InChI=1S/C21H26ClN3O3/c1-3-11-28-21-16(22)12-15(13-19(21)27-2)7-8-20(26)24-17-5-4-6-18(17)25-10-9-23-14-25/h7-10,12-14,17-18H,3-6,11H2,1-2H3,(H,24,26)/b8-7+/t17-,18-/m1/s1. The minimum Gasteiger partial charge on any atom is -0.493 e. The molecule has 0 radical (unpaired) electrons. The van der Waals surface area contributed by atoms with E-state index in [-0.39, 0.29) is 18.0 Å². The third-order valence-corrected chi connectivity index (χ3v) is 5.13. The van der Waals surface area contributed by atoms with Crippen molar-refractivity contribution in [3.05, 3.63) is 47.5 Å². The number of ether oxygens (including phenoxy) is 2. The van der Waals surface area contributed by atoms with Gasteiger partial charge in [-0.3, -0.25) is 4.79 Å². The van der Waals surface area contributed by atoms with E-state index in [2.05, 4.69) is 14.9 Å². The molecule has 1 N–H and O–H groups in total. The van der Waals surface area contributed by atoms with Crippen molar-refractivity contribution in [2.45, 2.75) is 44.7 Å². The summed E-state index contributed by atoms with van der Waals surface area (Å²) in [5.41, 5.74) is 0.776. The molecule has 0 spiro atoms. The van der Waals surface area contributed by atoms with Gasteiger partial charge in [0.2, 0.25) is 5.91 Å². The number of hydrogen-bond donors (Lipinski definition) is 1. The fourth-order valence-electron chi connectivity index (χ4n) is 3.51. The lowest BCUT2D eigenvalue weighted by molar-refractivity contribution is -0.117. The highest BCUT2D eigenvalue weighted by molar-refractivity contribution is 6.32. The maximum Gasteiger partial charge on any atom is 0.244 e. The van der Waals surface area contributed by atoms with Gasteiger partial charge in [0.1, 0.15) is 0 Å². The van der Waals surface area contributed by atoms with Gasteiger partial charge in [-0.2, -0.15) is 0 Å². The van der Waals surface area contributed by atoms with Crippen molar-refractivity contribution in [1.82, 2.24) is 14.9 Å². The Kier molecular flexibility index (Phi) is 6.98. The fraction of sp³-hybridized carbons (Fsp3) is 0.429. The fourth-order valence-corrected chi connectivity index (χ4v) is 3.79. The maximum absolute atomic E-state index is 12.4. The summed E-state index contributed by atoms with van der Waals surface area (Å²) in [5.74, 6) is 0.956. The molecule has 0 unspecified atom stereocenters. The summed E-state index contributed by atoms with van der Waals surface area (Å²) in [6, 6.07) is 3.94. The van der Waals surface area contributed by atoms with E-state index in [1.54, 1.807) is 31.8 Å². The summed E-state index contributed by atoms with van der Waals surface area (Å²) in [5, 5.41) is 3.57. The highest BCUT2D eigenvalue weighted by atomic mass is 35.5. The SMILES string of the molecule is CCCOc1c(Cl)cc(/C=C/C(=O)N[C@@H]2CCC[C@H]2n2ccnc2)cc1OC. The van der Waals surface area contributed by atoms with E-state index in [4.69, 9.17) is 21.1 Å². The van der Waals surface area contributed by atoms with E-state index < -0.39 is 0 Å². The molecule has 1 amide bonds. The predicted molar refractivity (Wildman–Crippen MR) is 110 cm³/mol. The molecule has 6 nitrogen and oxygen atoms in total. The van der Waals surface area contributed by atoms with Crippen LogP contribution in [0, 0.1) is 0 Å². The molecule has 28 heavy (non-hydrogen) atoms. The summed E-state index contributed by atoms with van der Waals surface area (Å²) < 4.78 is 13.1. The number of amides is 1. The van der Waals surface area contributed by atoms with Crippen molar-refractivity contribution < 1.29 is 14.3 Å². The smallest absolute Gasteiger partial charge is 0.244 e. The molecule has 2 atom stereocenters. The lowest BCUT2D eigenvalue weighted by Crippen LogP contribution is -2.37. The number of methoxy groups -OCH3 is 1. The van der Waals surface area contributed by atoms with Crippen LogP contribution in [0.25, 0.3) is 6.08 Å². The molecule has 1 aromatic carbocycles. The van der Waals surface area contributed by atoms with Gasteiger partial charge in [-0.1, -0.05) is 18.5 Å². The summed E-state index contributed by atoms with van der Waals surface area (Å²) in [6.07, 6.45) is 12.7. The van der Waals surface area contributed by atoms with Crippen LogP contribution < -0.4 is 14.8 Å². The van der Waals surface area contributed by atoms with Crippen LogP contribution in [0.1, 0.15) is 44.2 Å². The number of carbonyl (C=O) groups is 1. The van der Waals surface area contributed by atoms with Crippen molar-refractivity contribution in [2.24, 2.45) is 0 Å². The monoisotopic (exact) mass is 403 g/mol. The Bertz CT molecular complexity index is 821. The molecule has 1 fully saturated rings. The minimum absolute atomic E-state index is 0.106. The molecule has 1 saturated carbocycles. The van der Waals surface area contributed by atoms with Gasteiger partial charge in [-0.15, -0.1) is 0 Å². The second kappa shape index (κ2) is 9.64. The molecule has 0 aliphatic heterocycles. The summed E-state index contributed by atoms with van der Waals surface area (Å²) in [7, 11) is 1.57. The van der Waals surface area contributed by atoms with Crippen molar-refractivity contribution in [3.63, 3.8) is 0 Å². The molecule has 3 rings (SSSR count). The van der Waals surface area contributed by atoms with E-state index in [0.717, 1.165) is 31.2 Å². The number of rotatable bonds is 8. The minimum atomic E-state index is -0.126. The Morgan fingerprint density at radius 2 is 2.29 bits per heavy atom. The number of nitrogens with one attached hydrogen (secondary N) is 1. The first-order valence-electron chi connectivity index (χ1n) is 9.58. The number of benzene rings is 1. The zero-order chi connectivity index (χ0) is 19.9. The molecule has 1 heterocycles. The highest BCUT2D eigenvalue weighted by Gasteiger charge is 2.29. The van der Waals surface area contributed by atoms with Crippen molar-refractivity contribution in [1.29, 1.82) is 0 Å². The van der Waals surface area contributed by atoms with Crippen LogP contribution in [0.2, 0.25) is 5.02 Å². The number of carbonyl (C=O) groups excluding carboxylic acids is 1. The number of hydrogen-bond acceptors (Lipinski definition) is 4. The van der Waals surface area contributed by atoms with E-state index in [9.17, 15) is 4.79 Å². The molecule has 1 aliphatic carbocycles. The summed E-state index contributed by atoms with van der Waals surface area (Å²) >= 11 is 6.33. The molecule has 0 saturated heterocycles. The molecule has 1 aromatic heterocycles. The van der Waals surface area contributed by atoms with Crippen LogP contribution in [0.5, 0.6) is 11.5 Å². The first-order chi connectivity index (χ1) is 13.6. The Morgan fingerprint density at radius 3 is 3.00 bits per heavy atom. The lowest BCUT2D eigenvalue weighted by atomic mass is 10.1. The second-order valence-corrected chi connectivity index (χ2v) is 7.25.